The van der Waals surface area contributed by atoms with E-state index >= 15 is 0 Å². The van der Waals surface area contributed by atoms with Crippen molar-refractivity contribution >= 4 is 15.9 Å². The molecule has 90 valence electrons. The third-order valence-corrected chi connectivity index (χ3v) is 3.77. The monoisotopic (exact) mass is 290 g/mol. The van der Waals surface area contributed by atoms with Crippen molar-refractivity contribution in [2.45, 2.75) is 19.8 Å². The molecule has 0 aliphatic rings. The number of benzene rings is 1. The first kappa shape index (κ1) is 13.6. The van der Waals surface area contributed by atoms with Gasteiger partial charge in [0.2, 0.25) is 0 Å². The summed E-state index contributed by atoms with van der Waals surface area (Å²) in [5.74, 6) is -0.306. The third-order valence-electron chi connectivity index (χ3n) is 2.99. The molecule has 0 bridgehead atoms. The lowest BCUT2D eigenvalue weighted by atomic mass is 9.81. The van der Waals surface area contributed by atoms with Gasteiger partial charge in [0, 0.05) is 9.89 Å². The molecule has 0 spiro atoms. The van der Waals surface area contributed by atoms with E-state index in [9.17, 15) is 14.6 Å². The van der Waals surface area contributed by atoms with Gasteiger partial charge in [-0.25, -0.2) is 4.39 Å². The first-order valence-electron chi connectivity index (χ1n) is 5.22. The normalized spacial score (nSPS) is 11.8. The molecule has 0 radical (unpaired) electrons. The van der Waals surface area contributed by atoms with Crippen molar-refractivity contribution < 1.29 is 14.6 Å². The molecule has 0 heterocycles. The van der Waals surface area contributed by atoms with Gasteiger partial charge in [-0.1, -0.05) is 22.9 Å². The zero-order valence-corrected chi connectivity index (χ0v) is 10.8. The van der Waals surface area contributed by atoms with Gasteiger partial charge in [-0.15, -0.1) is 0 Å². The van der Waals surface area contributed by atoms with E-state index in [1.807, 2.05) is 6.92 Å². The quantitative estimate of drug-likeness (QED) is 0.875. The van der Waals surface area contributed by atoms with Gasteiger partial charge < -0.3 is 10.2 Å². The smallest absolute Gasteiger partial charge is 0.123 e. The van der Waals surface area contributed by atoms with Crippen LogP contribution in [-0.4, -0.2) is 23.4 Å². The minimum atomic E-state index is -0.573. The molecule has 0 fully saturated rings. The molecule has 0 saturated heterocycles. The van der Waals surface area contributed by atoms with Crippen LogP contribution in [0.1, 0.15) is 18.9 Å². The fraction of sp³-hybridized carbons (Fsp3) is 0.500. The molecule has 1 aromatic rings. The molecular formula is C12H16BrFO2. The first-order valence-corrected chi connectivity index (χ1v) is 6.02. The standard InChI is InChI=1S/C12H16BrFO2/c1-2-12(7-15,8-16)6-9-5-10(14)3-4-11(9)13/h3-5,15-16H,2,6-8H2,1H3. The summed E-state index contributed by atoms with van der Waals surface area (Å²) in [6, 6.07) is 4.44. The molecule has 2 nitrogen and oxygen atoms in total. The van der Waals surface area contributed by atoms with Gasteiger partial charge in [0.05, 0.1) is 13.2 Å². The van der Waals surface area contributed by atoms with Crippen LogP contribution in [-0.2, 0) is 6.42 Å². The fourth-order valence-corrected chi connectivity index (χ4v) is 1.98. The van der Waals surface area contributed by atoms with Gasteiger partial charge in [0.15, 0.2) is 0 Å². The minimum Gasteiger partial charge on any atom is -0.396 e. The highest BCUT2D eigenvalue weighted by molar-refractivity contribution is 9.10. The average molecular weight is 291 g/mol. The van der Waals surface area contributed by atoms with Gasteiger partial charge in [0.25, 0.3) is 0 Å². The van der Waals surface area contributed by atoms with E-state index in [4.69, 9.17) is 0 Å². The van der Waals surface area contributed by atoms with Crippen molar-refractivity contribution in [1.29, 1.82) is 0 Å². The lowest BCUT2D eigenvalue weighted by Crippen LogP contribution is -2.31. The van der Waals surface area contributed by atoms with Crippen molar-refractivity contribution in [3.63, 3.8) is 0 Å². The van der Waals surface area contributed by atoms with E-state index in [-0.39, 0.29) is 19.0 Å². The molecule has 16 heavy (non-hydrogen) atoms. The van der Waals surface area contributed by atoms with Crippen molar-refractivity contribution in [3.8, 4) is 0 Å². The van der Waals surface area contributed by atoms with Gasteiger partial charge in [-0.2, -0.15) is 0 Å². The summed E-state index contributed by atoms with van der Waals surface area (Å²) < 4.78 is 13.9. The van der Waals surface area contributed by atoms with E-state index < -0.39 is 5.41 Å². The Morgan fingerprint density at radius 1 is 1.31 bits per heavy atom. The van der Waals surface area contributed by atoms with E-state index in [0.717, 1.165) is 10.0 Å². The molecule has 1 rings (SSSR count). The highest BCUT2D eigenvalue weighted by Crippen LogP contribution is 2.30. The maximum atomic E-state index is 13.1. The van der Waals surface area contributed by atoms with Crippen LogP contribution < -0.4 is 0 Å². The second kappa shape index (κ2) is 5.75. The van der Waals surface area contributed by atoms with Gasteiger partial charge >= 0.3 is 0 Å². The van der Waals surface area contributed by atoms with Crippen LogP contribution in [0.5, 0.6) is 0 Å². The molecule has 0 atom stereocenters. The maximum Gasteiger partial charge on any atom is 0.123 e. The molecule has 0 aliphatic carbocycles. The van der Waals surface area contributed by atoms with Crippen molar-refractivity contribution in [1.82, 2.24) is 0 Å². The fourth-order valence-electron chi connectivity index (χ4n) is 1.59. The second-order valence-corrected chi connectivity index (χ2v) is 4.94. The topological polar surface area (TPSA) is 40.5 Å². The van der Waals surface area contributed by atoms with E-state index in [1.54, 1.807) is 6.07 Å². The maximum absolute atomic E-state index is 13.1. The SMILES string of the molecule is CCC(CO)(CO)Cc1cc(F)ccc1Br. The Morgan fingerprint density at radius 3 is 2.44 bits per heavy atom. The van der Waals surface area contributed by atoms with Crippen molar-refractivity contribution in [2.75, 3.05) is 13.2 Å². The molecule has 2 N–H and O–H groups in total. The van der Waals surface area contributed by atoms with Crippen LogP contribution >= 0.6 is 15.9 Å². The summed E-state index contributed by atoms with van der Waals surface area (Å²) >= 11 is 3.34. The van der Waals surface area contributed by atoms with Crippen LogP contribution in [0.4, 0.5) is 4.39 Å². The molecule has 0 unspecified atom stereocenters. The van der Waals surface area contributed by atoms with Crippen LogP contribution in [0, 0.1) is 11.2 Å². The molecule has 0 amide bonds. The zero-order chi connectivity index (χ0) is 12.2. The Balaban J connectivity index is 2.97. The highest BCUT2D eigenvalue weighted by atomic mass is 79.9. The number of hydrogen-bond acceptors (Lipinski definition) is 2. The summed E-state index contributed by atoms with van der Waals surface area (Å²) in [5, 5.41) is 18.7. The minimum absolute atomic E-state index is 0.108. The highest BCUT2D eigenvalue weighted by Gasteiger charge is 2.27. The summed E-state index contributed by atoms with van der Waals surface area (Å²) in [6.45, 7) is 1.69. The first-order chi connectivity index (χ1) is 7.56. The van der Waals surface area contributed by atoms with Crippen molar-refractivity contribution in [3.05, 3.63) is 34.1 Å². The van der Waals surface area contributed by atoms with Gasteiger partial charge in [0.1, 0.15) is 5.82 Å². The Labute approximate surface area is 103 Å². The number of aliphatic hydroxyl groups excluding tert-OH is 2. The van der Waals surface area contributed by atoms with E-state index in [1.165, 1.54) is 12.1 Å². The molecule has 0 saturated carbocycles. The molecule has 1 aromatic carbocycles. The summed E-state index contributed by atoms with van der Waals surface area (Å²) in [6.07, 6.45) is 1.10. The predicted octanol–water partition coefficient (Wildman–Crippen LogP) is 2.51. The molecule has 4 heteroatoms. The van der Waals surface area contributed by atoms with Gasteiger partial charge in [-0.3, -0.25) is 0 Å². The Bertz CT molecular complexity index is 343. The van der Waals surface area contributed by atoms with Crippen LogP contribution in [0.2, 0.25) is 0 Å². The lowest BCUT2D eigenvalue weighted by Gasteiger charge is -2.28. The number of hydrogen-bond donors (Lipinski definition) is 2. The van der Waals surface area contributed by atoms with E-state index in [2.05, 4.69) is 15.9 Å². The van der Waals surface area contributed by atoms with Crippen LogP contribution in [0.25, 0.3) is 0 Å². The van der Waals surface area contributed by atoms with Crippen LogP contribution in [0.3, 0.4) is 0 Å². The Morgan fingerprint density at radius 2 is 1.94 bits per heavy atom. The third kappa shape index (κ3) is 3.03. The number of halogens is 2. The summed E-state index contributed by atoms with van der Waals surface area (Å²) in [5.41, 5.74) is 0.195. The molecule has 0 aliphatic heterocycles. The number of rotatable bonds is 5. The molecular weight excluding hydrogens is 275 g/mol. The van der Waals surface area contributed by atoms with Crippen LogP contribution in [0.15, 0.2) is 22.7 Å². The average Bonchev–Trinajstić information content (AvgIpc) is 2.31. The summed E-state index contributed by atoms with van der Waals surface area (Å²) in [7, 11) is 0. The lowest BCUT2D eigenvalue weighted by molar-refractivity contribution is 0.0512. The Kier molecular flexibility index (Phi) is 4.89. The Hall–Kier alpha value is -0.450. The molecule has 0 aromatic heterocycles. The largest absolute Gasteiger partial charge is 0.396 e. The van der Waals surface area contributed by atoms with E-state index in [0.29, 0.717) is 12.8 Å². The second-order valence-electron chi connectivity index (χ2n) is 4.08. The zero-order valence-electron chi connectivity index (χ0n) is 9.21. The predicted molar refractivity (Wildman–Crippen MR) is 64.7 cm³/mol. The van der Waals surface area contributed by atoms with Crippen molar-refractivity contribution in [2.24, 2.45) is 5.41 Å². The number of aliphatic hydroxyl groups is 2. The summed E-state index contributed by atoms with van der Waals surface area (Å²) in [4.78, 5) is 0. The van der Waals surface area contributed by atoms with Gasteiger partial charge in [-0.05, 0) is 36.6 Å².